The summed E-state index contributed by atoms with van der Waals surface area (Å²) in [5, 5.41) is 3.10. The van der Waals surface area contributed by atoms with Crippen molar-refractivity contribution in [1.29, 1.82) is 0 Å². The van der Waals surface area contributed by atoms with Crippen LogP contribution in [0.2, 0.25) is 0 Å². The van der Waals surface area contributed by atoms with Gasteiger partial charge in [0, 0.05) is 24.0 Å². The van der Waals surface area contributed by atoms with Gasteiger partial charge in [0.2, 0.25) is 0 Å². The Kier molecular flexibility index (Phi) is 6.83. The number of alkyl halides is 3. The fourth-order valence-corrected chi connectivity index (χ4v) is 3.84. The monoisotopic (exact) mass is 404 g/mol. The van der Waals surface area contributed by atoms with Gasteiger partial charge in [-0.1, -0.05) is 55.7 Å². The van der Waals surface area contributed by atoms with Gasteiger partial charge in [0.15, 0.2) is 0 Å². The van der Waals surface area contributed by atoms with E-state index in [-0.39, 0.29) is 11.9 Å². The Labute approximate surface area is 169 Å². The quantitative estimate of drug-likeness (QED) is 0.642. The first-order valence-electron chi connectivity index (χ1n) is 10.1. The van der Waals surface area contributed by atoms with Gasteiger partial charge >= 0.3 is 6.18 Å². The first-order chi connectivity index (χ1) is 13.8. The van der Waals surface area contributed by atoms with Crippen LogP contribution < -0.4 is 5.32 Å². The van der Waals surface area contributed by atoms with E-state index in [0.717, 1.165) is 43.0 Å². The van der Waals surface area contributed by atoms with Gasteiger partial charge in [-0.15, -0.1) is 0 Å². The van der Waals surface area contributed by atoms with E-state index >= 15 is 0 Å². The molecule has 0 saturated heterocycles. The van der Waals surface area contributed by atoms with E-state index in [4.69, 9.17) is 0 Å². The van der Waals surface area contributed by atoms with Crippen LogP contribution in [0.3, 0.4) is 0 Å². The highest BCUT2D eigenvalue weighted by Crippen LogP contribution is 2.24. The molecule has 1 aromatic heterocycles. The molecule has 0 atom stereocenters. The van der Waals surface area contributed by atoms with Crippen molar-refractivity contribution < 1.29 is 18.0 Å². The molecule has 29 heavy (non-hydrogen) atoms. The Bertz CT molecular complexity index is 847. The van der Waals surface area contributed by atoms with Gasteiger partial charge in [0.25, 0.3) is 5.91 Å². The van der Waals surface area contributed by atoms with Crippen LogP contribution in [0.25, 0.3) is 6.08 Å². The molecule has 1 amide bonds. The van der Waals surface area contributed by atoms with E-state index in [1.807, 2.05) is 41.8 Å². The van der Waals surface area contributed by atoms with Crippen LogP contribution in [0.4, 0.5) is 13.2 Å². The van der Waals surface area contributed by atoms with Crippen molar-refractivity contribution >= 4 is 12.0 Å². The number of carbonyl (C=O) groups excluding carboxylic acids is 1. The molecule has 1 aliphatic rings. The highest BCUT2D eigenvalue weighted by atomic mass is 19.4. The molecule has 0 spiro atoms. The Morgan fingerprint density at radius 3 is 2.52 bits per heavy atom. The standard InChI is InChI=1S/C23H27F3N2O/c1-17-21(22(29)27-19-11-6-3-7-12-19)15-20(13-8-14-23(24,25)26)28(17)16-18-9-4-2-5-10-18/h2,4-5,8-10,13,15,19H,3,6-7,11-12,14,16H2,1H3,(H,27,29)/b13-8+. The summed E-state index contributed by atoms with van der Waals surface area (Å²) >= 11 is 0. The number of allylic oxidation sites excluding steroid dienone is 1. The highest BCUT2D eigenvalue weighted by molar-refractivity contribution is 5.96. The summed E-state index contributed by atoms with van der Waals surface area (Å²) in [5.74, 6) is -0.147. The molecule has 1 aliphatic carbocycles. The predicted molar refractivity (Wildman–Crippen MR) is 109 cm³/mol. The van der Waals surface area contributed by atoms with Gasteiger partial charge in [0.05, 0.1) is 12.0 Å². The fraction of sp³-hybridized carbons (Fsp3) is 0.435. The van der Waals surface area contributed by atoms with Gasteiger partial charge < -0.3 is 9.88 Å². The number of nitrogens with one attached hydrogen (secondary N) is 1. The van der Waals surface area contributed by atoms with Crippen LogP contribution in [0.15, 0.2) is 42.5 Å². The molecule has 0 radical (unpaired) electrons. The summed E-state index contributed by atoms with van der Waals surface area (Å²) in [7, 11) is 0. The maximum absolute atomic E-state index is 12.9. The average Bonchev–Trinajstić information content (AvgIpc) is 2.98. The normalized spacial score (nSPS) is 15.7. The van der Waals surface area contributed by atoms with Crippen molar-refractivity contribution in [2.75, 3.05) is 0 Å². The Balaban J connectivity index is 1.86. The van der Waals surface area contributed by atoms with Crippen LogP contribution in [-0.2, 0) is 6.54 Å². The summed E-state index contributed by atoms with van der Waals surface area (Å²) in [6.45, 7) is 2.34. The SMILES string of the molecule is Cc1c(C(=O)NC2CCCCC2)cc(/C=C/CC(F)(F)F)n1Cc1ccccc1. The molecule has 1 saturated carbocycles. The van der Waals surface area contributed by atoms with Crippen molar-refractivity contribution in [2.24, 2.45) is 0 Å². The van der Waals surface area contributed by atoms with E-state index in [9.17, 15) is 18.0 Å². The maximum Gasteiger partial charge on any atom is 0.392 e. The lowest BCUT2D eigenvalue weighted by Crippen LogP contribution is -2.36. The molecule has 3 nitrogen and oxygen atoms in total. The van der Waals surface area contributed by atoms with E-state index in [1.54, 1.807) is 6.07 Å². The lowest BCUT2D eigenvalue weighted by atomic mass is 9.95. The molecular weight excluding hydrogens is 377 g/mol. The van der Waals surface area contributed by atoms with Crippen molar-refractivity contribution in [1.82, 2.24) is 9.88 Å². The maximum atomic E-state index is 12.9. The summed E-state index contributed by atoms with van der Waals surface area (Å²) in [5.41, 5.74) is 2.91. The third kappa shape index (κ3) is 5.99. The van der Waals surface area contributed by atoms with Crippen LogP contribution in [0, 0.1) is 6.92 Å². The number of hydrogen-bond acceptors (Lipinski definition) is 1. The smallest absolute Gasteiger partial charge is 0.349 e. The third-order valence-electron chi connectivity index (χ3n) is 5.41. The molecule has 6 heteroatoms. The number of carbonyl (C=O) groups is 1. The topological polar surface area (TPSA) is 34.0 Å². The summed E-state index contributed by atoms with van der Waals surface area (Å²) < 4.78 is 39.6. The Morgan fingerprint density at radius 2 is 1.86 bits per heavy atom. The van der Waals surface area contributed by atoms with E-state index in [2.05, 4.69) is 5.32 Å². The Hall–Kier alpha value is -2.50. The largest absolute Gasteiger partial charge is 0.392 e. The summed E-state index contributed by atoms with van der Waals surface area (Å²) in [4.78, 5) is 12.9. The number of nitrogens with zero attached hydrogens (tertiary/aromatic N) is 1. The van der Waals surface area contributed by atoms with Crippen LogP contribution >= 0.6 is 0 Å². The van der Waals surface area contributed by atoms with Crippen molar-refractivity contribution in [3.8, 4) is 0 Å². The average molecular weight is 404 g/mol. The molecule has 1 N–H and O–H groups in total. The molecule has 156 valence electrons. The fourth-order valence-electron chi connectivity index (χ4n) is 3.84. The van der Waals surface area contributed by atoms with E-state index < -0.39 is 12.6 Å². The zero-order valence-electron chi connectivity index (χ0n) is 16.6. The number of amides is 1. The van der Waals surface area contributed by atoms with E-state index in [0.29, 0.717) is 17.8 Å². The zero-order valence-corrected chi connectivity index (χ0v) is 16.6. The molecule has 1 fully saturated rings. The first-order valence-corrected chi connectivity index (χ1v) is 10.1. The summed E-state index contributed by atoms with van der Waals surface area (Å²) in [6.07, 6.45) is 2.72. The first kappa shape index (κ1) is 21.2. The molecule has 0 aliphatic heterocycles. The number of hydrogen-bond donors (Lipinski definition) is 1. The Morgan fingerprint density at radius 1 is 1.17 bits per heavy atom. The number of aromatic nitrogens is 1. The second-order valence-corrected chi connectivity index (χ2v) is 7.67. The molecule has 1 aromatic carbocycles. The highest BCUT2D eigenvalue weighted by Gasteiger charge is 2.25. The van der Waals surface area contributed by atoms with Gasteiger partial charge in [-0.05, 0) is 37.5 Å². The van der Waals surface area contributed by atoms with Gasteiger partial charge in [-0.25, -0.2) is 0 Å². The number of benzene rings is 1. The lowest BCUT2D eigenvalue weighted by Gasteiger charge is -2.22. The molecular formula is C23H27F3N2O. The van der Waals surface area contributed by atoms with Crippen LogP contribution in [0.5, 0.6) is 0 Å². The van der Waals surface area contributed by atoms with Crippen LogP contribution in [0.1, 0.15) is 65.8 Å². The van der Waals surface area contributed by atoms with Crippen molar-refractivity contribution in [2.45, 2.75) is 64.2 Å². The lowest BCUT2D eigenvalue weighted by molar-refractivity contribution is -0.124. The second-order valence-electron chi connectivity index (χ2n) is 7.67. The number of halogens is 3. The van der Waals surface area contributed by atoms with Crippen molar-refractivity contribution in [3.05, 3.63) is 65.0 Å². The molecule has 2 aromatic rings. The molecule has 0 bridgehead atoms. The zero-order chi connectivity index (χ0) is 20.9. The van der Waals surface area contributed by atoms with E-state index in [1.165, 1.54) is 12.5 Å². The minimum Gasteiger partial charge on any atom is -0.349 e. The predicted octanol–water partition coefficient (Wildman–Crippen LogP) is 5.87. The summed E-state index contributed by atoms with van der Waals surface area (Å²) in [6, 6.07) is 11.6. The van der Waals surface area contributed by atoms with Gasteiger partial charge in [0.1, 0.15) is 0 Å². The third-order valence-corrected chi connectivity index (χ3v) is 5.41. The van der Waals surface area contributed by atoms with Gasteiger partial charge in [-0.3, -0.25) is 4.79 Å². The van der Waals surface area contributed by atoms with Crippen LogP contribution in [-0.4, -0.2) is 22.7 Å². The second kappa shape index (κ2) is 9.33. The van der Waals surface area contributed by atoms with Gasteiger partial charge in [-0.2, -0.15) is 13.2 Å². The number of rotatable bonds is 6. The van der Waals surface area contributed by atoms with Crippen molar-refractivity contribution in [3.63, 3.8) is 0 Å². The molecule has 3 rings (SSSR count). The minimum absolute atomic E-state index is 0.147. The molecule has 1 heterocycles. The molecule has 0 unspecified atom stereocenters. The minimum atomic E-state index is -4.25.